The van der Waals surface area contributed by atoms with Gasteiger partial charge in [0.25, 0.3) is 10.0 Å². The zero-order valence-electron chi connectivity index (χ0n) is 24.6. The maximum atomic E-state index is 14.2. The van der Waals surface area contributed by atoms with Crippen LogP contribution < -0.4 is 23.8 Å². The highest BCUT2D eigenvalue weighted by Crippen LogP contribution is 2.37. The van der Waals surface area contributed by atoms with Gasteiger partial charge in [0, 0.05) is 29.2 Å². The lowest BCUT2D eigenvalue weighted by atomic mass is 10.1. The van der Waals surface area contributed by atoms with Crippen molar-refractivity contribution < 1.29 is 32.2 Å². The Bertz CT molecular complexity index is 1550. The van der Waals surface area contributed by atoms with Crippen molar-refractivity contribution in [2.24, 2.45) is 0 Å². The van der Waals surface area contributed by atoms with Crippen LogP contribution in [0.2, 0.25) is 10.0 Å². The van der Waals surface area contributed by atoms with E-state index >= 15 is 0 Å². The SMILES string of the molecule is CCCNC(=O)[C@@H](C)N(Cc1cccc(Cl)c1)C(=O)CN(c1cc(Cl)ccc1OC)S(=O)(=O)c1ccc(OC)c(OC)c1. The fourth-order valence-corrected chi connectivity index (χ4v) is 6.10. The number of nitrogens with zero attached hydrogens (tertiary/aromatic N) is 2. The summed E-state index contributed by atoms with van der Waals surface area (Å²) >= 11 is 12.5. The van der Waals surface area contributed by atoms with Crippen molar-refractivity contribution in [1.29, 1.82) is 0 Å². The monoisotopic (exact) mass is 651 g/mol. The summed E-state index contributed by atoms with van der Waals surface area (Å²) in [6.07, 6.45) is 0.701. The van der Waals surface area contributed by atoms with Gasteiger partial charge >= 0.3 is 0 Å². The van der Waals surface area contributed by atoms with Crippen molar-refractivity contribution in [1.82, 2.24) is 10.2 Å². The van der Waals surface area contributed by atoms with Gasteiger partial charge in [0.05, 0.1) is 31.9 Å². The molecule has 3 aromatic rings. The molecule has 0 aliphatic carbocycles. The molecule has 0 aliphatic heterocycles. The molecule has 2 amide bonds. The Kier molecular flexibility index (Phi) is 11.9. The summed E-state index contributed by atoms with van der Waals surface area (Å²) in [5, 5.41) is 3.48. The van der Waals surface area contributed by atoms with E-state index in [2.05, 4.69) is 5.32 Å². The Hall–Kier alpha value is -3.67. The Morgan fingerprint density at radius 2 is 1.53 bits per heavy atom. The summed E-state index contributed by atoms with van der Waals surface area (Å²) in [4.78, 5) is 28.3. The summed E-state index contributed by atoms with van der Waals surface area (Å²) in [5.74, 6) is -0.366. The van der Waals surface area contributed by atoms with E-state index in [0.717, 1.165) is 4.31 Å². The van der Waals surface area contributed by atoms with Crippen molar-refractivity contribution in [2.75, 3.05) is 38.7 Å². The summed E-state index contributed by atoms with van der Waals surface area (Å²) in [6, 6.07) is 14.5. The average molecular weight is 653 g/mol. The first kappa shape index (κ1) is 33.8. The average Bonchev–Trinajstić information content (AvgIpc) is 3.00. The highest BCUT2D eigenvalue weighted by atomic mass is 35.5. The number of ether oxygens (including phenoxy) is 3. The van der Waals surface area contributed by atoms with Crippen LogP contribution in [0, 0.1) is 0 Å². The molecule has 232 valence electrons. The molecule has 0 radical (unpaired) electrons. The lowest BCUT2D eigenvalue weighted by Gasteiger charge is -2.32. The van der Waals surface area contributed by atoms with Gasteiger partial charge in [-0.15, -0.1) is 0 Å². The van der Waals surface area contributed by atoms with Gasteiger partial charge in [0.1, 0.15) is 18.3 Å². The topological polar surface area (TPSA) is 114 Å². The van der Waals surface area contributed by atoms with E-state index in [1.165, 1.54) is 56.6 Å². The standard InChI is InChI=1S/C30H35Cl2N3O7S/c1-6-14-33-30(37)20(2)34(18-21-8-7-9-22(31)15-21)29(36)19-35(25-16-23(32)10-12-26(25)40-3)43(38,39)24-11-13-27(41-4)28(17-24)42-5/h7-13,15-17,20H,6,14,18-19H2,1-5H3,(H,33,37)/t20-/m1/s1. The van der Waals surface area contributed by atoms with Crippen LogP contribution in [0.25, 0.3) is 0 Å². The van der Waals surface area contributed by atoms with Gasteiger partial charge in [0.15, 0.2) is 11.5 Å². The maximum absolute atomic E-state index is 14.2. The third kappa shape index (κ3) is 8.25. The number of benzene rings is 3. The summed E-state index contributed by atoms with van der Waals surface area (Å²) in [5.41, 5.74) is 0.689. The molecule has 0 heterocycles. The van der Waals surface area contributed by atoms with Crippen LogP contribution in [0.1, 0.15) is 25.8 Å². The summed E-state index contributed by atoms with van der Waals surface area (Å²) in [6.45, 7) is 3.23. The minimum absolute atomic E-state index is 0.00294. The van der Waals surface area contributed by atoms with Gasteiger partial charge in [-0.2, -0.15) is 0 Å². The lowest BCUT2D eigenvalue weighted by Crippen LogP contribution is -2.51. The Balaban J connectivity index is 2.14. The number of methoxy groups -OCH3 is 3. The lowest BCUT2D eigenvalue weighted by molar-refractivity contribution is -0.139. The summed E-state index contributed by atoms with van der Waals surface area (Å²) in [7, 11) is -0.249. The molecular formula is C30H35Cl2N3O7S. The molecule has 43 heavy (non-hydrogen) atoms. The van der Waals surface area contributed by atoms with Crippen molar-refractivity contribution in [3.63, 3.8) is 0 Å². The normalized spacial score (nSPS) is 11.8. The maximum Gasteiger partial charge on any atom is 0.265 e. The largest absolute Gasteiger partial charge is 0.495 e. The van der Waals surface area contributed by atoms with Crippen LogP contribution >= 0.6 is 23.2 Å². The quantitative estimate of drug-likeness (QED) is 0.256. The van der Waals surface area contributed by atoms with Crippen LogP contribution in [0.3, 0.4) is 0 Å². The Morgan fingerprint density at radius 3 is 2.16 bits per heavy atom. The van der Waals surface area contributed by atoms with E-state index in [1.807, 2.05) is 6.92 Å². The molecule has 0 unspecified atom stereocenters. The molecule has 10 nitrogen and oxygen atoms in total. The molecular weight excluding hydrogens is 617 g/mol. The molecule has 13 heteroatoms. The number of rotatable bonds is 14. The first-order valence-corrected chi connectivity index (χ1v) is 15.6. The van der Waals surface area contributed by atoms with Gasteiger partial charge in [-0.3, -0.25) is 13.9 Å². The molecule has 0 bridgehead atoms. The van der Waals surface area contributed by atoms with E-state index in [4.69, 9.17) is 37.4 Å². The summed E-state index contributed by atoms with van der Waals surface area (Å²) < 4.78 is 45.4. The first-order valence-electron chi connectivity index (χ1n) is 13.4. The second-order valence-corrected chi connectivity index (χ2v) is 12.2. The second kappa shape index (κ2) is 15.2. The van der Waals surface area contributed by atoms with E-state index in [0.29, 0.717) is 29.3 Å². The van der Waals surface area contributed by atoms with E-state index in [9.17, 15) is 18.0 Å². The number of carbonyl (C=O) groups excluding carboxylic acids is 2. The number of sulfonamides is 1. The number of amides is 2. The molecule has 3 aromatic carbocycles. The fraction of sp³-hybridized carbons (Fsp3) is 0.333. The van der Waals surface area contributed by atoms with Crippen LogP contribution in [-0.4, -0.2) is 65.6 Å². The first-order chi connectivity index (χ1) is 20.5. The number of carbonyl (C=O) groups is 2. The number of halogens is 2. The molecule has 0 fully saturated rings. The zero-order chi connectivity index (χ0) is 31.7. The molecule has 0 saturated carbocycles. The zero-order valence-corrected chi connectivity index (χ0v) is 26.9. The Labute approximate surface area is 262 Å². The predicted molar refractivity (Wildman–Crippen MR) is 167 cm³/mol. The van der Waals surface area contributed by atoms with E-state index < -0.39 is 28.5 Å². The fourth-order valence-electron chi connectivity index (χ4n) is 4.29. The molecule has 1 atom stereocenters. The smallest absolute Gasteiger partial charge is 0.265 e. The minimum atomic E-state index is -4.44. The molecule has 1 N–H and O–H groups in total. The predicted octanol–water partition coefficient (Wildman–Crippen LogP) is 5.16. The van der Waals surface area contributed by atoms with Crippen LogP contribution in [0.15, 0.2) is 65.6 Å². The Morgan fingerprint density at radius 1 is 0.884 bits per heavy atom. The number of nitrogens with one attached hydrogen (secondary N) is 1. The van der Waals surface area contributed by atoms with Crippen molar-refractivity contribution in [3.05, 3.63) is 76.3 Å². The van der Waals surface area contributed by atoms with Crippen molar-refractivity contribution in [2.45, 2.75) is 37.8 Å². The number of anilines is 1. The van der Waals surface area contributed by atoms with E-state index in [-0.39, 0.29) is 39.6 Å². The third-order valence-electron chi connectivity index (χ3n) is 6.59. The van der Waals surface area contributed by atoms with Gasteiger partial charge in [-0.25, -0.2) is 8.42 Å². The van der Waals surface area contributed by atoms with Crippen molar-refractivity contribution in [3.8, 4) is 17.2 Å². The number of hydrogen-bond donors (Lipinski definition) is 1. The van der Waals surface area contributed by atoms with Crippen molar-refractivity contribution >= 4 is 50.7 Å². The van der Waals surface area contributed by atoms with Gasteiger partial charge < -0.3 is 24.4 Å². The molecule has 0 saturated heterocycles. The van der Waals surface area contributed by atoms with Crippen LogP contribution in [-0.2, 0) is 26.2 Å². The second-order valence-electron chi connectivity index (χ2n) is 9.46. The van der Waals surface area contributed by atoms with Crippen LogP contribution in [0.5, 0.6) is 17.2 Å². The highest BCUT2D eigenvalue weighted by Gasteiger charge is 2.34. The molecule has 0 spiro atoms. The molecule has 0 aliphatic rings. The molecule has 3 rings (SSSR count). The van der Waals surface area contributed by atoms with Gasteiger partial charge in [-0.05, 0) is 61.4 Å². The molecule has 0 aromatic heterocycles. The van der Waals surface area contributed by atoms with Gasteiger partial charge in [0.2, 0.25) is 11.8 Å². The van der Waals surface area contributed by atoms with E-state index in [1.54, 1.807) is 37.3 Å². The highest BCUT2D eigenvalue weighted by molar-refractivity contribution is 7.92. The van der Waals surface area contributed by atoms with Gasteiger partial charge in [-0.1, -0.05) is 42.3 Å². The van der Waals surface area contributed by atoms with Crippen LogP contribution in [0.4, 0.5) is 5.69 Å². The minimum Gasteiger partial charge on any atom is -0.495 e. The third-order valence-corrected chi connectivity index (χ3v) is 8.82. The number of hydrogen-bond acceptors (Lipinski definition) is 7.